The number of aliphatic carboxylic acids is 1. The second kappa shape index (κ2) is 3.55. The molecule has 14 heavy (non-hydrogen) atoms. The summed E-state index contributed by atoms with van der Waals surface area (Å²) in [6.07, 6.45) is -0.0146. The molecule has 1 aromatic heterocycles. The van der Waals surface area contributed by atoms with Crippen molar-refractivity contribution in [3.8, 4) is 0 Å². The fraction of sp³-hybridized carbons (Fsp3) is 0.111. The molecule has 0 radical (unpaired) electrons. The maximum Gasteiger partial charge on any atom is 0.307 e. The molecule has 0 amide bonds. The van der Waals surface area contributed by atoms with Crippen LogP contribution in [0.4, 0.5) is 0 Å². The largest absolute Gasteiger partial charge is 0.481 e. The Balaban J connectivity index is 2.60. The van der Waals surface area contributed by atoms with Crippen molar-refractivity contribution in [1.82, 2.24) is 4.98 Å². The topological polar surface area (TPSA) is 50.2 Å². The average Bonchev–Trinajstić information content (AvgIpc) is 2.50. The molecule has 0 aliphatic rings. The van der Waals surface area contributed by atoms with E-state index < -0.39 is 5.97 Å². The maximum absolute atomic E-state index is 10.6. The van der Waals surface area contributed by atoms with Gasteiger partial charge in [-0.15, -0.1) is 11.3 Å². The first-order valence-electron chi connectivity index (χ1n) is 3.90. The second-order valence-corrected chi connectivity index (χ2v) is 4.13. The van der Waals surface area contributed by atoms with Gasteiger partial charge in [0.1, 0.15) is 0 Å². The van der Waals surface area contributed by atoms with Crippen LogP contribution in [0.25, 0.3) is 10.2 Å². The highest BCUT2D eigenvalue weighted by Crippen LogP contribution is 2.26. The van der Waals surface area contributed by atoms with Gasteiger partial charge < -0.3 is 5.11 Å². The maximum atomic E-state index is 10.6. The van der Waals surface area contributed by atoms with Gasteiger partial charge in [0.05, 0.1) is 22.1 Å². The summed E-state index contributed by atoms with van der Waals surface area (Å²) in [7, 11) is 0. The number of fused-ring (bicyclic) bond motifs is 1. The molecule has 2 aromatic rings. The van der Waals surface area contributed by atoms with Crippen LogP contribution in [0.3, 0.4) is 0 Å². The normalized spacial score (nSPS) is 10.6. The quantitative estimate of drug-likeness (QED) is 0.858. The van der Waals surface area contributed by atoms with Crippen LogP contribution in [0.1, 0.15) is 5.56 Å². The van der Waals surface area contributed by atoms with Crippen LogP contribution in [0, 0.1) is 0 Å². The molecule has 0 bridgehead atoms. The predicted octanol–water partition coefficient (Wildman–Crippen LogP) is 2.58. The van der Waals surface area contributed by atoms with E-state index in [-0.39, 0.29) is 6.42 Å². The molecule has 1 heterocycles. The third-order valence-electron chi connectivity index (χ3n) is 1.82. The fourth-order valence-electron chi connectivity index (χ4n) is 1.30. The highest BCUT2D eigenvalue weighted by molar-refractivity contribution is 7.17. The Morgan fingerprint density at radius 3 is 3.07 bits per heavy atom. The number of benzene rings is 1. The van der Waals surface area contributed by atoms with Gasteiger partial charge in [0.2, 0.25) is 0 Å². The minimum atomic E-state index is -0.859. The molecule has 72 valence electrons. The molecule has 2 rings (SSSR count). The molecule has 0 saturated heterocycles. The summed E-state index contributed by atoms with van der Waals surface area (Å²) in [5, 5.41) is 9.22. The zero-order valence-electron chi connectivity index (χ0n) is 7.03. The smallest absolute Gasteiger partial charge is 0.307 e. The highest BCUT2D eigenvalue weighted by Gasteiger charge is 2.08. The third-order valence-corrected chi connectivity index (χ3v) is 2.95. The molecule has 0 saturated carbocycles. The van der Waals surface area contributed by atoms with Gasteiger partial charge in [0.15, 0.2) is 0 Å². The fourth-order valence-corrected chi connectivity index (χ4v) is 2.32. The Bertz CT molecular complexity index is 495. The summed E-state index contributed by atoms with van der Waals surface area (Å²) in [6, 6.07) is 3.41. The van der Waals surface area contributed by atoms with Crippen molar-refractivity contribution in [2.75, 3.05) is 0 Å². The molecule has 1 N–H and O–H groups in total. The lowest BCUT2D eigenvalue weighted by atomic mass is 10.1. The molecule has 3 nitrogen and oxygen atoms in total. The molecule has 0 unspecified atom stereocenters. The van der Waals surface area contributed by atoms with E-state index in [9.17, 15) is 4.79 Å². The van der Waals surface area contributed by atoms with Crippen molar-refractivity contribution in [2.45, 2.75) is 6.42 Å². The van der Waals surface area contributed by atoms with E-state index in [4.69, 9.17) is 16.7 Å². The van der Waals surface area contributed by atoms with Gasteiger partial charge in [-0.05, 0) is 17.7 Å². The van der Waals surface area contributed by atoms with Gasteiger partial charge in [0.25, 0.3) is 0 Å². The molecular formula is C9H6ClNO2S. The van der Waals surface area contributed by atoms with E-state index in [1.807, 2.05) is 0 Å². The lowest BCUT2D eigenvalue weighted by molar-refractivity contribution is -0.136. The summed E-state index contributed by atoms with van der Waals surface area (Å²) in [5.41, 5.74) is 3.17. The molecule has 0 spiro atoms. The van der Waals surface area contributed by atoms with Gasteiger partial charge in [-0.3, -0.25) is 4.79 Å². The van der Waals surface area contributed by atoms with Crippen LogP contribution in [-0.2, 0) is 11.2 Å². The predicted molar refractivity (Wildman–Crippen MR) is 56.0 cm³/mol. The Hall–Kier alpha value is -1.13. The zero-order chi connectivity index (χ0) is 10.1. The molecule has 0 fully saturated rings. The first-order valence-corrected chi connectivity index (χ1v) is 5.16. The Morgan fingerprint density at radius 2 is 2.36 bits per heavy atom. The van der Waals surface area contributed by atoms with E-state index in [0.717, 1.165) is 15.8 Å². The number of hydrogen-bond donors (Lipinski definition) is 1. The Labute approximate surface area is 89.0 Å². The summed E-state index contributed by atoms with van der Waals surface area (Å²) >= 11 is 7.27. The standard InChI is InChI=1S/C9H6ClNO2S/c10-6-1-5(2-8(12)13)9-7(3-6)11-4-14-9/h1,3-4H,2H2,(H,12,13). The number of aromatic nitrogens is 1. The number of thiazole rings is 1. The molecule has 0 atom stereocenters. The first-order chi connectivity index (χ1) is 6.66. The molecule has 5 heteroatoms. The summed E-state index contributed by atoms with van der Waals surface area (Å²) < 4.78 is 0.900. The minimum absolute atomic E-state index is 0.0146. The van der Waals surface area contributed by atoms with Gasteiger partial charge in [0, 0.05) is 5.02 Å². The average molecular weight is 228 g/mol. The van der Waals surface area contributed by atoms with E-state index in [0.29, 0.717) is 5.02 Å². The summed E-state index contributed by atoms with van der Waals surface area (Å²) in [4.78, 5) is 14.7. The van der Waals surface area contributed by atoms with Crippen LogP contribution in [-0.4, -0.2) is 16.1 Å². The summed E-state index contributed by atoms with van der Waals surface area (Å²) in [5.74, 6) is -0.859. The van der Waals surface area contributed by atoms with E-state index >= 15 is 0 Å². The molecule has 0 aliphatic heterocycles. The summed E-state index contributed by atoms with van der Waals surface area (Å²) in [6.45, 7) is 0. The van der Waals surface area contributed by atoms with Gasteiger partial charge in [-0.1, -0.05) is 11.6 Å². The highest BCUT2D eigenvalue weighted by atomic mass is 35.5. The van der Waals surface area contributed by atoms with Crippen LogP contribution >= 0.6 is 22.9 Å². The van der Waals surface area contributed by atoms with Crippen molar-refractivity contribution < 1.29 is 9.90 Å². The number of nitrogens with zero attached hydrogens (tertiary/aromatic N) is 1. The van der Waals surface area contributed by atoms with Crippen molar-refractivity contribution in [1.29, 1.82) is 0 Å². The van der Waals surface area contributed by atoms with Crippen molar-refractivity contribution >= 4 is 39.1 Å². The number of halogens is 1. The Morgan fingerprint density at radius 1 is 1.57 bits per heavy atom. The Kier molecular flexibility index (Phi) is 2.39. The lowest BCUT2D eigenvalue weighted by Gasteiger charge is -1.99. The van der Waals surface area contributed by atoms with Crippen LogP contribution < -0.4 is 0 Å². The van der Waals surface area contributed by atoms with Gasteiger partial charge in [-0.2, -0.15) is 0 Å². The van der Waals surface area contributed by atoms with Crippen molar-refractivity contribution in [3.63, 3.8) is 0 Å². The third kappa shape index (κ3) is 1.71. The van der Waals surface area contributed by atoms with Crippen LogP contribution in [0.15, 0.2) is 17.6 Å². The number of carbonyl (C=O) groups is 1. The van der Waals surface area contributed by atoms with Gasteiger partial charge >= 0.3 is 5.97 Å². The van der Waals surface area contributed by atoms with E-state index in [1.165, 1.54) is 11.3 Å². The van der Waals surface area contributed by atoms with Crippen LogP contribution in [0.2, 0.25) is 5.02 Å². The monoisotopic (exact) mass is 227 g/mol. The van der Waals surface area contributed by atoms with E-state index in [1.54, 1.807) is 17.6 Å². The van der Waals surface area contributed by atoms with Crippen molar-refractivity contribution in [2.24, 2.45) is 0 Å². The lowest BCUT2D eigenvalue weighted by Crippen LogP contribution is -1.99. The SMILES string of the molecule is O=C(O)Cc1cc(Cl)cc2ncsc12. The number of carboxylic acid groups (broad SMARTS) is 1. The molecule has 0 aliphatic carbocycles. The molecular weight excluding hydrogens is 222 g/mol. The van der Waals surface area contributed by atoms with Crippen molar-refractivity contribution in [3.05, 3.63) is 28.2 Å². The minimum Gasteiger partial charge on any atom is -0.481 e. The van der Waals surface area contributed by atoms with Gasteiger partial charge in [-0.25, -0.2) is 4.98 Å². The number of hydrogen-bond acceptors (Lipinski definition) is 3. The van der Waals surface area contributed by atoms with Crippen LogP contribution in [0.5, 0.6) is 0 Å². The number of carboxylic acids is 1. The zero-order valence-corrected chi connectivity index (χ0v) is 8.60. The molecule has 1 aromatic carbocycles. The van der Waals surface area contributed by atoms with E-state index in [2.05, 4.69) is 4.98 Å². The second-order valence-electron chi connectivity index (χ2n) is 2.84. The first kappa shape index (κ1) is 9.43. The number of rotatable bonds is 2.